The zero-order valence-electron chi connectivity index (χ0n) is 15.9. The molecule has 4 rings (SSSR count). The van der Waals surface area contributed by atoms with Gasteiger partial charge < -0.3 is 10.6 Å². The predicted molar refractivity (Wildman–Crippen MR) is 109 cm³/mol. The number of aromatic nitrogens is 2. The topological polar surface area (TPSA) is 76.0 Å². The van der Waals surface area contributed by atoms with E-state index in [2.05, 4.69) is 15.7 Å². The third-order valence-corrected chi connectivity index (χ3v) is 4.90. The lowest BCUT2D eigenvalue weighted by atomic mass is 10.0. The first kappa shape index (κ1) is 18.0. The summed E-state index contributed by atoms with van der Waals surface area (Å²) in [6.07, 6.45) is 0.772. The first-order valence-electron chi connectivity index (χ1n) is 9.41. The van der Waals surface area contributed by atoms with Crippen LogP contribution in [0.2, 0.25) is 0 Å². The van der Waals surface area contributed by atoms with E-state index in [1.54, 1.807) is 4.68 Å². The summed E-state index contributed by atoms with van der Waals surface area (Å²) >= 11 is 0. The quantitative estimate of drug-likeness (QED) is 0.710. The van der Waals surface area contributed by atoms with Crippen LogP contribution in [-0.4, -0.2) is 21.6 Å². The van der Waals surface area contributed by atoms with Gasteiger partial charge in [-0.25, -0.2) is 4.68 Å². The number of anilines is 2. The molecule has 2 heterocycles. The van der Waals surface area contributed by atoms with E-state index >= 15 is 0 Å². The van der Waals surface area contributed by atoms with E-state index in [-0.39, 0.29) is 18.2 Å². The number of benzene rings is 2. The largest absolute Gasteiger partial charge is 0.326 e. The lowest BCUT2D eigenvalue weighted by molar-refractivity contribution is -0.123. The van der Waals surface area contributed by atoms with E-state index in [4.69, 9.17) is 0 Å². The van der Waals surface area contributed by atoms with Crippen molar-refractivity contribution in [3.8, 4) is 11.1 Å². The Bertz CT molecular complexity index is 1040. The highest BCUT2D eigenvalue weighted by atomic mass is 16.2. The molecule has 1 unspecified atom stereocenters. The number of aryl methyl sites for hydroxylation is 2. The minimum absolute atomic E-state index is 0.0336. The smallest absolute Gasteiger partial charge is 0.251 e. The molecule has 0 bridgehead atoms. The third-order valence-electron chi connectivity index (χ3n) is 4.90. The number of nitrogens with one attached hydrogen (secondary N) is 2. The average Bonchev–Trinajstić information content (AvgIpc) is 3.18. The molecule has 28 heavy (non-hydrogen) atoms. The fourth-order valence-electron chi connectivity index (χ4n) is 3.58. The molecule has 1 aliphatic heterocycles. The summed E-state index contributed by atoms with van der Waals surface area (Å²) in [6.45, 7) is 4.00. The Morgan fingerprint density at radius 2 is 1.96 bits per heavy atom. The Balaban J connectivity index is 1.61. The van der Waals surface area contributed by atoms with Gasteiger partial charge >= 0.3 is 0 Å². The van der Waals surface area contributed by atoms with Crippen molar-refractivity contribution in [2.45, 2.75) is 32.7 Å². The molecular weight excluding hydrogens is 352 g/mol. The Hall–Kier alpha value is -3.41. The summed E-state index contributed by atoms with van der Waals surface area (Å²) in [6, 6.07) is 16.8. The number of carbonyl (C=O) groups excluding carboxylic acids is 2. The van der Waals surface area contributed by atoms with Gasteiger partial charge in [0.2, 0.25) is 5.91 Å². The maximum atomic E-state index is 12.6. The normalized spacial score (nSPS) is 15.2. The summed E-state index contributed by atoms with van der Waals surface area (Å²) in [5, 5.41) is 10.4. The van der Waals surface area contributed by atoms with Crippen molar-refractivity contribution in [1.29, 1.82) is 0 Å². The Labute approximate surface area is 163 Å². The molecule has 0 spiro atoms. The standard InChI is InChI=1S/C22H22N4O2/c1-3-17-20(15-9-5-4-6-10-15)21-24-22(28)18(26(21)25-17)13-19(27)23-16-11-7-8-14(2)12-16/h4-12,18H,3,13H2,1-2H3,(H,23,27)(H,24,28). The highest BCUT2D eigenvalue weighted by Crippen LogP contribution is 2.38. The van der Waals surface area contributed by atoms with Crippen molar-refractivity contribution in [3.05, 3.63) is 65.9 Å². The molecular formula is C22H22N4O2. The monoisotopic (exact) mass is 374 g/mol. The molecule has 0 radical (unpaired) electrons. The number of nitrogens with zero attached hydrogens (tertiary/aromatic N) is 2. The molecule has 3 aromatic rings. The molecule has 2 amide bonds. The number of fused-ring (bicyclic) bond motifs is 1. The second kappa shape index (κ2) is 7.31. The van der Waals surface area contributed by atoms with Crippen molar-refractivity contribution in [3.63, 3.8) is 0 Å². The van der Waals surface area contributed by atoms with Crippen molar-refractivity contribution in [2.24, 2.45) is 0 Å². The number of hydrogen-bond donors (Lipinski definition) is 2. The summed E-state index contributed by atoms with van der Waals surface area (Å²) < 4.78 is 1.67. The number of carbonyl (C=O) groups is 2. The second-order valence-corrected chi connectivity index (χ2v) is 6.96. The fourth-order valence-corrected chi connectivity index (χ4v) is 3.58. The van der Waals surface area contributed by atoms with Crippen LogP contribution in [0.25, 0.3) is 11.1 Å². The maximum absolute atomic E-state index is 12.6. The van der Waals surface area contributed by atoms with Gasteiger partial charge in [0.1, 0.15) is 11.9 Å². The number of amides is 2. The molecule has 1 aromatic heterocycles. The highest BCUT2D eigenvalue weighted by molar-refractivity contribution is 6.04. The van der Waals surface area contributed by atoms with Gasteiger partial charge in [-0.3, -0.25) is 9.59 Å². The van der Waals surface area contributed by atoms with Crippen molar-refractivity contribution in [1.82, 2.24) is 9.78 Å². The van der Waals surface area contributed by atoms with Crippen LogP contribution in [-0.2, 0) is 16.0 Å². The molecule has 0 saturated heterocycles. The molecule has 1 aliphatic rings. The van der Waals surface area contributed by atoms with Gasteiger partial charge in [-0.2, -0.15) is 5.10 Å². The predicted octanol–water partition coefficient (Wildman–Crippen LogP) is 3.94. The van der Waals surface area contributed by atoms with E-state index in [1.807, 2.05) is 68.4 Å². The Morgan fingerprint density at radius 1 is 1.18 bits per heavy atom. The zero-order valence-corrected chi connectivity index (χ0v) is 15.9. The van der Waals surface area contributed by atoms with Gasteiger partial charge in [-0.05, 0) is 36.6 Å². The van der Waals surface area contributed by atoms with Crippen LogP contribution in [0.5, 0.6) is 0 Å². The van der Waals surface area contributed by atoms with Crippen molar-refractivity contribution in [2.75, 3.05) is 10.6 Å². The lowest BCUT2D eigenvalue weighted by Crippen LogP contribution is -2.24. The maximum Gasteiger partial charge on any atom is 0.251 e. The summed E-state index contributed by atoms with van der Waals surface area (Å²) in [7, 11) is 0. The minimum Gasteiger partial charge on any atom is -0.326 e. The van der Waals surface area contributed by atoms with E-state index in [0.717, 1.165) is 34.5 Å². The summed E-state index contributed by atoms with van der Waals surface area (Å²) in [4.78, 5) is 25.1. The van der Waals surface area contributed by atoms with Crippen LogP contribution in [0, 0.1) is 6.92 Å². The molecule has 142 valence electrons. The molecule has 1 atom stereocenters. The lowest BCUT2D eigenvalue weighted by Gasteiger charge is -2.10. The van der Waals surface area contributed by atoms with E-state index in [1.165, 1.54) is 0 Å². The molecule has 2 N–H and O–H groups in total. The van der Waals surface area contributed by atoms with E-state index in [0.29, 0.717) is 5.82 Å². The van der Waals surface area contributed by atoms with Crippen LogP contribution in [0.3, 0.4) is 0 Å². The summed E-state index contributed by atoms with van der Waals surface area (Å²) in [5.74, 6) is 0.247. The average molecular weight is 374 g/mol. The molecule has 6 nitrogen and oxygen atoms in total. The van der Waals surface area contributed by atoms with E-state index in [9.17, 15) is 9.59 Å². The minimum atomic E-state index is -0.650. The molecule has 0 saturated carbocycles. The first-order chi connectivity index (χ1) is 13.6. The van der Waals surface area contributed by atoms with E-state index < -0.39 is 6.04 Å². The second-order valence-electron chi connectivity index (χ2n) is 6.96. The van der Waals surface area contributed by atoms with Crippen LogP contribution in [0.15, 0.2) is 54.6 Å². The van der Waals surface area contributed by atoms with Crippen molar-refractivity contribution < 1.29 is 9.59 Å². The molecule has 0 aliphatic carbocycles. The summed E-state index contributed by atoms with van der Waals surface area (Å²) in [5.41, 5.74) is 4.63. The van der Waals surface area contributed by atoms with Gasteiger partial charge in [0, 0.05) is 11.3 Å². The fraction of sp³-hybridized carbons (Fsp3) is 0.227. The SMILES string of the molecule is CCc1nn2c(c1-c1ccccc1)NC(=O)C2CC(=O)Nc1cccc(C)c1. The van der Waals surface area contributed by atoms with Gasteiger partial charge in [-0.1, -0.05) is 49.4 Å². The number of rotatable bonds is 5. The first-order valence-corrected chi connectivity index (χ1v) is 9.41. The van der Waals surface area contributed by atoms with Crippen LogP contribution in [0.1, 0.15) is 30.6 Å². The van der Waals surface area contributed by atoms with Crippen LogP contribution < -0.4 is 10.6 Å². The van der Waals surface area contributed by atoms with Crippen LogP contribution >= 0.6 is 0 Å². The van der Waals surface area contributed by atoms with Crippen LogP contribution in [0.4, 0.5) is 11.5 Å². The highest BCUT2D eigenvalue weighted by Gasteiger charge is 2.36. The molecule has 2 aromatic carbocycles. The molecule has 6 heteroatoms. The van der Waals surface area contributed by atoms with Gasteiger partial charge in [0.15, 0.2) is 0 Å². The zero-order chi connectivity index (χ0) is 19.7. The van der Waals surface area contributed by atoms with Gasteiger partial charge in [-0.15, -0.1) is 0 Å². The molecule has 0 fully saturated rings. The third kappa shape index (κ3) is 3.29. The number of hydrogen-bond acceptors (Lipinski definition) is 3. The van der Waals surface area contributed by atoms with Gasteiger partial charge in [0.25, 0.3) is 5.91 Å². The van der Waals surface area contributed by atoms with Crippen molar-refractivity contribution >= 4 is 23.3 Å². The Morgan fingerprint density at radius 3 is 2.68 bits per heavy atom. The van der Waals surface area contributed by atoms with Gasteiger partial charge in [0.05, 0.1) is 12.1 Å². The Kier molecular flexibility index (Phi) is 4.69.